The maximum Gasteiger partial charge on any atom is 0.225 e. The molecule has 126 valence electrons. The molecule has 7 heteroatoms. The second-order valence-electron chi connectivity index (χ2n) is 5.78. The predicted molar refractivity (Wildman–Crippen MR) is 101 cm³/mol. The number of benzene rings is 1. The Hall–Kier alpha value is -1.35. The molecule has 3 rings (SSSR count). The van der Waals surface area contributed by atoms with Crippen LogP contribution in [0.25, 0.3) is 0 Å². The van der Waals surface area contributed by atoms with Crippen molar-refractivity contribution in [1.29, 1.82) is 0 Å². The van der Waals surface area contributed by atoms with Crippen LogP contribution in [0.4, 0.5) is 5.69 Å². The fourth-order valence-corrected chi connectivity index (χ4v) is 2.96. The Bertz CT molecular complexity index is 573. The van der Waals surface area contributed by atoms with E-state index in [9.17, 15) is 4.79 Å². The standard InChI is InChI=1S/C16H22N4O2.HI/c17-16(19-10-12-4-3-7-22-12)18-9-11-8-15(21)20-14-6-2-1-5-13(11)14;/h1-2,5-6,11-12H,3-4,7-10H2,(H,20,21)(H3,17,18,19);1H. The Morgan fingerprint density at radius 2 is 2.26 bits per heavy atom. The van der Waals surface area contributed by atoms with Gasteiger partial charge in [0.05, 0.1) is 12.6 Å². The smallest absolute Gasteiger partial charge is 0.225 e. The van der Waals surface area contributed by atoms with Crippen molar-refractivity contribution >= 4 is 41.5 Å². The summed E-state index contributed by atoms with van der Waals surface area (Å²) in [6.07, 6.45) is 2.80. The van der Waals surface area contributed by atoms with E-state index in [1.54, 1.807) is 0 Å². The number of fused-ring (bicyclic) bond motifs is 1. The molecular formula is C16H23IN4O2. The van der Waals surface area contributed by atoms with Gasteiger partial charge in [0.1, 0.15) is 0 Å². The molecule has 23 heavy (non-hydrogen) atoms. The normalized spacial score (nSPS) is 23.7. The Balaban J connectivity index is 0.00000192. The first kappa shape index (κ1) is 18.0. The number of amides is 1. The van der Waals surface area contributed by atoms with Gasteiger partial charge in [-0.3, -0.25) is 9.79 Å². The molecule has 2 heterocycles. The van der Waals surface area contributed by atoms with Gasteiger partial charge in [-0.1, -0.05) is 18.2 Å². The van der Waals surface area contributed by atoms with E-state index in [0.29, 0.717) is 25.5 Å². The zero-order valence-corrected chi connectivity index (χ0v) is 15.3. The molecule has 2 aliphatic rings. The average molecular weight is 430 g/mol. The summed E-state index contributed by atoms with van der Waals surface area (Å²) >= 11 is 0. The summed E-state index contributed by atoms with van der Waals surface area (Å²) in [5, 5.41) is 6.02. The van der Waals surface area contributed by atoms with Gasteiger partial charge in [-0.15, -0.1) is 24.0 Å². The number of halogens is 1. The van der Waals surface area contributed by atoms with Crippen molar-refractivity contribution in [1.82, 2.24) is 5.32 Å². The summed E-state index contributed by atoms with van der Waals surface area (Å²) in [5.41, 5.74) is 7.94. The third-order valence-corrected chi connectivity index (χ3v) is 4.13. The third-order valence-electron chi connectivity index (χ3n) is 4.13. The minimum Gasteiger partial charge on any atom is -0.376 e. The number of hydrogen-bond acceptors (Lipinski definition) is 3. The molecule has 1 aromatic rings. The first-order chi connectivity index (χ1) is 10.7. The Morgan fingerprint density at radius 1 is 1.43 bits per heavy atom. The Morgan fingerprint density at radius 3 is 3.04 bits per heavy atom. The van der Waals surface area contributed by atoms with Crippen molar-refractivity contribution in [2.24, 2.45) is 10.7 Å². The SMILES string of the molecule is I.NC(=NCC1CCCO1)NCC1CC(=O)Nc2ccccc21. The lowest BCUT2D eigenvalue weighted by Crippen LogP contribution is -2.37. The van der Waals surface area contributed by atoms with E-state index in [0.717, 1.165) is 30.7 Å². The largest absolute Gasteiger partial charge is 0.376 e. The minimum absolute atomic E-state index is 0. The van der Waals surface area contributed by atoms with Gasteiger partial charge in [-0.2, -0.15) is 0 Å². The number of carbonyl (C=O) groups is 1. The Labute approximate surface area is 153 Å². The molecule has 0 spiro atoms. The van der Waals surface area contributed by atoms with Gasteiger partial charge in [0.25, 0.3) is 0 Å². The lowest BCUT2D eigenvalue weighted by molar-refractivity contribution is -0.116. The molecule has 2 unspecified atom stereocenters. The lowest BCUT2D eigenvalue weighted by atomic mass is 9.90. The number of nitrogens with one attached hydrogen (secondary N) is 2. The highest BCUT2D eigenvalue weighted by Gasteiger charge is 2.24. The number of carbonyl (C=O) groups excluding carboxylic acids is 1. The average Bonchev–Trinajstić information content (AvgIpc) is 3.04. The second-order valence-corrected chi connectivity index (χ2v) is 5.78. The van der Waals surface area contributed by atoms with Gasteiger partial charge in [-0.05, 0) is 24.5 Å². The fourth-order valence-electron chi connectivity index (χ4n) is 2.96. The maximum absolute atomic E-state index is 11.8. The van der Waals surface area contributed by atoms with Crippen LogP contribution in [0.2, 0.25) is 0 Å². The predicted octanol–water partition coefficient (Wildman–Crippen LogP) is 1.81. The van der Waals surface area contributed by atoms with Crippen molar-refractivity contribution < 1.29 is 9.53 Å². The van der Waals surface area contributed by atoms with Crippen LogP contribution in [-0.2, 0) is 9.53 Å². The number of rotatable bonds is 4. The number of ether oxygens (including phenoxy) is 1. The molecule has 0 aliphatic carbocycles. The van der Waals surface area contributed by atoms with Crippen molar-refractivity contribution in [3.05, 3.63) is 29.8 Å². The minimum atomic E-state index is 0. The van der Waals surface area contributed by atoms with Crippen LogP contribution < -0.4 is 16.4 Å². The fraction of sp³-hybridized carbons (Fsp3) is 0.500. The van der Waals surface area contributed by atoms with E-state index in [4.69, 9.17) is 10.5 Å². The number of para-hydroxylation sites is 1. The molecule has 1 saturated heterocycles. The quantitative estimate of drug-likeness (QED) is 0.386. The van der Waals surface area contributed by atoms with E-state index in [2.05, 4.69) is 15.6 Å². The molecule has 2 atom stereocenters. The van der Waals surface area contributed by atoms with Gasteiger partial charge in [-0.25, -0.2) is 0 Å². The summed E-state index contributed by atoms with van der Waals surface area (Å²) < 4.78 is 5.52. The molecule has 1 aromatic carbocycles. The molecule has 0 saturated carbocycles. The van der Waals surface area contributed by atoms with Crippen LogP contribution in [0.1, 0.15) is 30.7 Å². The van der Waals surface area contributed by atoms with E-state index in [1.165, 1.54) is 0 Å². The van der Waals surface area contributed by atoms with E-state index >= 15 is 0 Å². The van der Waals surface area contributed by atoms with Crippen LogP contribution >= 0.6 is 24.0 Å². The second kappa shape index (κ2) is 8.49. The molecule has 0 radical (unpaired) electrons. The topological polar surface area (TPSA) is 88.7 Å². The first-order valence-electron chi connectivity index (χ1n) is 7.76. The molecule has 1 amide bonds. The van der Waals surface area contributed by atoms with E-state index < -0.39 is 0 Å². The Kier molecular flexibility index (Phi) is 6.64. The number of hydrogen-bond donors (Lipinski definition) is 3. The van der Waals surface area contributed by atoms with Crippen LogP contribution in [0.3, 0.4) is 0 Å². The van der Waals surface area contributed by atoms with E-state index in [1.807, 2.05) is 24.3 Å². The van der Waals surface area contributed by atoms with Gasteiger partial charge < -0.3 is 21.1 Å². The summed E-state index contributed by atoms with van der Waals surface area (Å²) in [6, 6.07) is 7.87. The van der Waals surface area contributed by atoms with Crippen molar-refractivity contribution in [2.75, 3.05) is 25.0 Å². The highest BCUT2D eigenvalue weighted by Crippen LogP contribution is 2.31. The van der Waals surface area contributed by atoms with Gasteiger partial charge >= 0.3 is 0 Å². The molecule has 0 bridgehead atoms. The number of anilines is 1. The molecular weight excluding hydrogens is 407 g/mol. The number of guanidine groups is 1. The van der Waals surface area contributed by atoms with Crippen LogP contribution in [-0.4, -0.2) is 37.7 Å². The summed E-state index contributed by atoms with van der Waals surface area (Å²) in [6.45, 7) is 2.02. The molecule has 0 aromatic heterocycles. The molecule has 6 nitrogen and oxygen atoms in total. The van der Waals surface area contributed by atoms with Crippen LogP contribution in [0.15, 0.2) is 29.3 Å². The van der Waals surface area contributed by atoms with E-state index in [-0.39, 0.29) is 41.9 Å². The third kappa shape index (κ3) is 4.81. The highest BCUT2D eigenvalue weighted by atomic mass is 127. The van der Waals surface area contributed by atoms with Crippen LogP contribution in [0, 0.1) is 0 Å². The first-order valence-corrected chi connectivity index (χ1v) is 7.76. The zero-order chi connectivity index (χ0) is 15.4. The molecule has 1 fully saturated rings. The lowest BCUT2D eigenvalue weighted by Gasteiger charge is -2.25. The maximum atomic E-state index is 11.8. The summed E-state index contributed by atoms with van der Waals surface area (Å²) in [7, 11) is 0. The number of nitrogens with zero attached hydrogens (tertiary/aromatic N) is 1. The number of aliphatic imine (C=N–C) groups is 1. The molecule has 2 aliphatic heterocycles. The van der Waals surface area contributed by atoms with Gasteiger partial charge in [0, 0.05) is 31.2 Å². The van der Waals surface area contributed by atoms with Gasteiger partial charge in [0.2, 0.25) is 5.91 Å². The number of nitrogens with two attached hydrogens (primary N) is 1. The van der Waals surface area contributed by atoms with Gasteiger partial charge in [0.15, 0.2) is 5.96 Å². The molecule has 4 N–H and O–H groups in total. The highest BCUT2D eigenvalue weighted by molar-refractivity contribution is 14.0. The van der Waals surface area contributed by atoms with Crippen molar-refractivity contribution in [3.8, 4) is 0 Å². The van der Waals surface area contributed by atoms with Crippen molar-refractivity contribution in [2.45, 2.75) is 31.3 Å². The summed E-state index contributed by atoms with van der Waals surface area (Å²) in [5.74, 6) is 0.570. The van der Waals surface area contributed by atoms with Crippen molar-refractivity contribution in [3.63, 3.8) is 0 Å². The van der Waals surface area contributed by atoms with Crippen LogP contribution in [0.5, 0.6) is 0 Å². The summed E-state index contributed by atoms with van der Waals surface area (Å²) in [4.78, 5) is 16.1. The monoisotopic (exact) mass is 430 g/mol. The zero-order valence-electron chi connectivity index (χ0n) is 13.0.